The molecular weight excluding hydrogens is 286 g/mol. The Labute approximate surface area is 130 Å². The number of hydrogen-bond acceptors (Lipinski definition) is 4. The third-order valence-electron chi connectivity index (χ3n) is 3.68. The van der Waals surface area contributed by atoms with Crippen LogP contribution in [0.4, 0.5) is 0 Å². The average molecular weight is 313 g/mol. The molecule has 1 aromatic rings. The number of hydrogen-bond donors (Lipinski definition) is 1. The molecule has 1 rings (SSSR count). The normalized spacial score (nSPS) is 15.3. The van der Waals surface area contributed by atoms with Crippen molar-refractivity contribution in [3.05, 3.63) is 23.8 Å². The standard InChI is InChI=1S/C16H27NO3S/c1-6-12(2)10-21(18)11-15(17-3)14-9-13(19-4)7-8-16(14)20-5/h7-9,12,15,17H,6,10-11H2,1-5H3. The summed E-state index contributed by atoms with van der Waals surface area (Å²) >= 11 is 0. The summed E-state index contributed by atoms with van der Waals surface area (Å²) < 4.78 is 23.0. The molecule has 4 nitrogen and oxygen atoms in total. The number of rotatable bonds is 9. The van der Waals surface area contributed by atoms with Crippen molar-refractivity contribution in [2.75, 3.05) is 32.8 Å². The summed E-state index contributed by atoms with van der Waals surface area (Å²) in [4.78, 5) is 0. The zero-order valence-corrected chi connectivity index (χ0v) is 14.5. The molecule has 0 radical (unpaired) electrons. The van der Waals surface area contributed by atoms with Crippen molar-refractivity contribution in [1.82, 2.24) is 5.32 Å². The summed E-state index contributed by atoms with van der Waals surface area (Å²) in [5.74, 6) is 3.36. The molecule has 5 heteroatoms. The van der Waals surface area contributed by atoms with Crippen LogP contribution in [0.25, 0.3) is 0 Å². The smallest absolute Gasteiger partial charge is 0.123 e. The van der Waals surface area contributed by atoms with E-state index in [0.29, 0.717) is 11.7 Å². The Morgan fingerprint density at radius 1 is 1.24 bits per heavy atom. The minimum atomic E-state index is -0.858. The maximum absolute atomic E-state index is 12.3. The number of nitrogens with one attached hydrogen (secondary N) is 1. The lowest BCUT2D eigenvalue weighted by Crippen LogP contribution is -2.25. The molecule has 1 aromatic carbocycles. The summed E-state index contributed by atoms with van der Waals surface area (Å²) in [6, 6.07) is 5.68. The van der Waals surface area contributed by atoms with Crippen molar-refractivity contribution in [2.45, 2.75) is 26.3 Å². The van der Waals surface area contributed by atoms with Crippen LogP contribution in [-0.2, 0) is 10.8 Å². The molecule has 0 amide bonds. The highest BCUT2D eigenvalue weighted by atomic mass is 32.2. The third-order valence-corrected chi connectivity index (χ3v) is 5.33. The van der Waals surface area contributed by atoms with Gasteiger partial charge >= 0.3 is 0 Å². The monoisotopic (exact) mass is 313 g/mol. The molecule has 3 unspecified atom stereocenters. The topological polar surface area (TPSA) is 47.6 Å². The molecule has 0 aliphatic rings. The van der Waals surface area contributed by atoms with Crippen molar-refractivity contribution < 1.29 is 13.7 Å². The van der Waals surface area contributed by atoms with E-state index in [4.69, 9.17) is 9.47 Å². The molecule has 0 fully saturated rings. The van der Waals surface area contributed by atoms with Gasteiger partial charge in [0.1, 0.15) is 11.5 Å². The zero-order valence-electron chi connectivity index (χ0n) is 13.6. The Bertz CT molecular complexity index is 465. The van der Waals surface area contributed by atoms with Crippen LogP contribution in [0.3, 0.4) is 0 Å². The van der Waals surface area contributed by atoms with Gasteiger partial charge in [-0.05, 0) is 31.2 Å². The summed E-state index contributed by atoms with van der Waals surface area (Å²) in [6.45, 7) is 4.26. The fourth-order valence-corrected chi connectivity index (χ4v) is 3.85. The second kappa shape index (κ2) is 9.05. The van der Waals surface area contributed by atoms with Crippen LogP contribution in [0.15, 0.2) is 18.2 Å². The number of ether oxygens (including phenoxy) is 2. The lowest BCUT2D eigenvalue weighted by Gasteiger charge is -2.20. The molecule has 0 saturated heterocycles. The first-order valence-corrected chi connectivity index (χ1v) is 8.78. The molecule has 21 heavy (non-hydrogen) atoms. The first-order chi connectivity index (χ1) is 10.0. The van der Waals surface area contributed by atoms with Crippen LogP contribution < -0.4 is 14.8 Å². The molecule has 0 aromatic heterocycles. The molecule has 3 atom stereocenters. The van der Waals surface area contributed by atoms with Gasteiger partial charge in [-0.1, -0.05) is 20.3 Å². The lowest BCUT2D eigenvalue weighted by molar-refractivity contribution is 0.394. The van der Waals surface area contributed by atoms with Gasteiger partial charge in [-0.15, -0.1) is 0 Å². The highest BCUT2D eigenvalue weighted by Gasteiger charge is 2.19. The van der Waals surface area contributed by atoms with Crippen LogP contribution in [0.5, 0.6) is 11.5 Å². The Morgan fingerprint density at radius 2 is 1.95 bits per heavy atom. The highest BCUT2D eigenvalue weighted by Crippen LogP contribution is 2.30. The molecule has 0 aliphatic carbocycles. The molecule has 120 valence electrons. The van der Waals surface area contributed by atoms with E-state index in [-0.39, 0.29) is 6.04 Å². The summed E-state index contributed by atoms with van der Waals surface area (Å²) in [7, 11) is 4.31. The van der Waals surface area contributed by atoms with Gasteiger partial charge in [0.2, 0.25) is 0 Å². The highest BCUT2D eigenvalue weighted by molar-refractivity contribution is 7.85. The zero-order chi connectivity index (χ0) is 15.8. The van der Waals surface area contributed by atoms with E-state index >= 15 is 0 Å². The van der Waals surface area contributed by atoms with Gasteiger partial charge in [0.25, 0.3) is 0 Å². The summed E-state index contributed by atoms with van der Waals surface area (Å²) in [5.41, 5.74) is 0.983. The first kappa shape index (κ1) is 18.0. The minimum absolute atomic E-state index is 0.0139. The van der Waals surface area contributed by atoms with Gasteiger partial charge < -0.3 is 14.8 Å². The molecule has 1 N–H and O–H groups in total. The van der Waals surface area contributed by atoms with Crippen LogP contribution in [0.2, 0.25) is 0 Å². The molecule has 0 saturated carbocycles. The average Bonchev–Trinajstić information content (AvgIpc) is 2.51. The van der Waals surface area contributed by atoms with Gasteiger partial charge in [0, 0.05) is 33.9 Å². The Kier molecular flexibility index (Phi) is 7.75. The SMILES string of the molecule is CCC(C)CS(=O)CC(NC)c1cc(OC)ccc1OC. The Morgan fingerprint density at radius 3 is 2.48 bits per heavy atom. The van der Waals surface area contributed by atoms with Crippen LogP contribution in [-0.4, -0.2) is 37.0 Å². The van der Waals surface area contributed by atoms with Crippen LogP contribution >= 0.6 is 0 Å². The van der Waals surface area contributed by atoms with Crippen LogP contribution in [0.1, 0.15) is 31.9 Å². The molecule has 0 bridgehead atoms. The molecule has 0 heterocycles. The van der Waals surface area contributed by atoms with Gasteiger partial charge in [0.15, 0.2) is 0 Å². The summed E-state index contributed by atoms with van der Waals surface area (Å²) in [5, 5.41) is 3.24. The Hall–Kier alpha value is -1.07. The van der Waals surface area contributed by atoms with Crippen molar-refractivity contribution in [1.29, 1.82) is 0 Å². The predicted octanol–water partition coefficient (Wildman–Crippen LogP) is 2.76. The molecule has 0 aliphatic heterocycles. The molecule has 0 spiro atoms. The largest absolute Gasteiger partial charge is 0.497 e. The van der Waals surface area contributed by atoms with Crippen LogP contribution in [0, 0.1) is 5.92 Å². The van der Waals surface area contributed by atoms with Gasteiger partial charge in [-0.25, -0.2) is 0 Å². The minimum Gasteiger partial charge on any atom is -0.497 e. The van der Waals surface area contributed by atoms with E-state index in [1.54, 1.807) is 14.2 Å². The van der Waals surface area contributed by atoms with Crippen molar-refractivity contribution in [2.24, 2.45) is 5.92 Å². The van der Waals surface area contributed by atoms with E-state index in [9.17, 15) is 4.21 Å². The van der Waals surface area contributed by atoms with Gasteiger partial charge in [-0.2, -0.15) is 0 Å². The van der Waals surface area contributed by atoms with Crippen molar-refractivity contribution in [3.8, 4) is 11.5 Å². The fourth-order valence-electron chi connectivity index (χ4n) is 2.13. The predicted molar refractivity (Wildman–Crippen MR) is 88.7 cm³/mol. The van der Waals surface area contributed by atoms with Crippen molar-refractivity contribution >= 4 is 10.8 Å². The second-order valence-corrected chi connectivity index (χ2v) is 6.78. The first-order valence-electron chi connectivity index (χ1n) is 7.29. The van der Waals surface area contributed by atoms with Crippen molar-refractivity contribution in [3.63, 3.8) is 0 Å². The van der Waals surface area contributed by atoms with E-state index in [1.165, 1.54) is 0 Å². The Balaban J connectivity index is 2.90. The molecular formula is C16H27NO3S. The third kappa shape index (κ3) is 5.32. The summed E-state index contributed by atoms with van der Waals surface area (Å²) in [6.07, 6.45) is 1.05. The second-order valence-electron chi connectivity index (χ2n) is 5.24. The van der Waals surface area contributed by atoms with E-state index < -0.39 is 10.8 Å². The maximum Gasteiger partial charge on any atom is 0.123 e. The number of methoxy groups -OCH3 is 2. The lowest BCUT2D eigenvalue weighted by atomic mass is 10.1. The van der Waals surface area contributed by atoms with E-state index in [1.807, 2.05) is 25.2 Å². The van der Waals surface area contributed by atoms with E-state index in [2.05, 4.69) is 19.2 Å². The van der Waals surface area contributed by atoms with E-state index in [0.717, 1.165) is 29.2 Å². The quantitative estimate of drug-likeness (QED) is 0.761. The fraction of sp³-hybridized carbons (Fsp3) is 0.625. The van der Waals surface area contributed by atoms with Gasteiger partial charge in [-0.3, -0.25) is 4.21 Å². The number of benzene rings is 1. The van der Waals surface area contributed by atoms with Gasteiger partial charge in [0.05, 0.1) is 14.2 Å². The maximum atomic E-state index is 12.3.